The third-order valence-electron chi connectivity index (χ3n) is 3.08. The van der Waals surface area contributed by atoms with Crippen molar-refractivity contribution in [3.05, 3.63) is 34.4 Å². The van der Waals surface area contributed by atoms with Crippen molar-refractivity contribution in [3.8, 4) is 0 Å². The zero-order chi connectivity index (χ0) is 13.2. The molecule has 0 unspecified atom stereocenters. The average Bonchev–Trinajstić information content (AvgIpc) is 2.21. The third-order valence-corrected chi connectivity index (χ3v) is 3.08. The second-order valence-corrected chi connectivity index (χ2v) is 5.04. The van der Waals surface area contributed by atoms with Crippen LogP contribution in [0.1, 0.15) is 40.9 Å². The highest BCUT2D eigenvalue weighted by Gasteiger charge is 2.20. The molecule has 1 aromatic carbocycles. The predicted molar refractivity (Wildman–Crippen MR) is 67.7 cm³/mol. The second kappa shape index (κ2) is 4.88. The molecule has 0 radical (unpaired) electrons. The summed E-state index contributed by atoms with van der Waals surface area (Å²) in [6.07, 6.45) is 0.704. The molecule has 0 fully saturated rings. The number of hydrogen-bond acceptors (Lipinski definition) is 2. The van der Waals surface area contributed by atoms with Crippen molar-refractivity contribution in [2.24, 2.45) is 0 Å². The van der Waals surface area contributed by atoms with Crippen LogP contribution in [0.5, 0.6) is 0 Å². The summed E-state index contributed by atoms with van der Waals surface area (Å²) < 4.78 is 5.38. The molecule has 94 valence electrons. The molecule has 0 saturated heterocycles. The SMILES string of the molecule is COC(C)(C)Cc1cc(C(=O)O)c(C)cc1C. The third kappa shape index (κ3) is 3.30. The van der Waals surface area contributed by atoms with Crippen LogP contribution >= 0.6 is 0 Å². The number of aromatic carboxylic acids is 1. The molecule has 0 aromatic heterocycles. The molecule has 0 spiro atoms. The maximum Gasteiger partial charge on any atom is 0.335 e. The molecular weight excluding hydrogens is 216 g/mol. The van der Waals surface area contributed by atoms with Gasteiger partial charge < -0.3 is 9.84 Å². The fraction of sp³-hybridized carbons (Fsp3) is 0.500. The number of carboxylic acid groups (broad SMARTS) is 1. The van der Waals surface area contributed by atoms with Gasteiger partial charge in [-0.15, -0.1) is 0 Å². The van der Waals surface area contributed by atoms with Gasteiger partial charge in [0.25, 0.3) is 0 Å². The molecule has 0 amide bonds. The molecule has 1 N–H and O–H groups in total. The smallest absolute Gasteiger partial charge is 0.335 e. The first-order valence-corrected chi connectivity index (χ1v) is 5.65. The van der Waals surface area contributed by atoms with Crippen LogP contribution in [-0.2, 0) is 11.2 Å². The van der Waals surface area contributed by atoms with E-state index in [1.807, 2.05) is 33.8 Å². The van der Waals surface area contributed by atoms with Gasteiger partial charge in [-0.1, -0.05) is 6.07 Å². The minimum Gasteiger partial charge on any atom is -0.478 e. The van der Waals surface area contributed by atoms with Crippen LogP contribution in [0.3, 0.4) is 0 Å². The number of rotatable bonds is 4. The van der Waals surface area contributed by atoms with Crippen molar-refractivity contribution in [2.45, 2.75) is 39.7 Å². The maximum absolute atomic E-state index is 11.1. The number of ether oxygens (including phenoxy) is 1. The van der Waals surface area contributed by atoms with Gasteiger partial charge in [-0.3, -0.25) is 0 Å². The topological polar surface area (TPSA) is 46.5 Å². The van der Waals surface area contributed by atoms with E-state index in [0.717, 1.165) is 16.7 Å². The lowest BCUT2D eigenvalue weighted by Crippen LogP contribution is -2.26. The van der Waals surface area contributed by atoms with Gasteiger partial charge in [0.05, 0.1) is 11.2 Å². The van der Waals surface area contributed by atoms with E-state index in [2.05, 4.69) is 0 Å². The number of carbonyl (C=O) groups is 1. The van der Waals surface area contributed by atoms with Crippen LogP contribution in [0.15, 0.2) is 12.1 Å². The molecule has 3 heteroatoms. The van der Waals surface area contributed by atoms with Crippen molar-refractivity contribution in [1.29, 1.82) is 0 Å². The van der Waals surface area contributed by atoms with Crippen LogP contribution in [0.4, 0.5) is 0 Å². The Bertz CT molecular complexity index is 433. The van der Waals surface area contributed by atoms with Gasteiger partial charge in [-0.2, -0.15) is 0 Å². The maximum atomic E-state index is 11.1. The molecule has 3 nitrogen and oxygen atoms in total. The Kier molecular flexibility index (Phi) is 3.94. The average molecular weight is 236 g/mol. The van der Waals surface area contributed by atoms with Gasteiger partial charge in [0, 0.05) is 13.5 Å². The quantitative estimate of drug-likeness (QED) is 0.874. The first-order chi connectivity index (χ1) is 7.76. The zero-order valence-corrected chi connectivity index (χ0v) is 11.1. The van der Waals surface area contributed by atoms with E-state index in [1.54, 1.807) is 13.2 Å². The first-order valence-electron chi connectivity index (χ1n) is 5.65. The largest absolute Gasteiger partial charge is 0.478 e. The Morgan fingerprint density at radius 3 is 2.35 bits per heavy atom. The van der Waals surface area contributed by atoms with Crippen molar-refractivity contribution < 1.29 is 14.6 Å². The second-order valence-electron chi connectivity index (χ2n) is 5.04. The molecule has 0 aliphatic carbocycles. The van der Waals surface area contributed by atoms with E-state index in [-0.39, 0.29) is 5.60 Å². The van der Waals surface area contributed by atoms with Crippen molar-refractivity contribution >= 4 is 5.97 Å². The lowest BCUT2D eigenvalue weighted by molar-refractivity contribution is 0.0230. The fourth-order valence-corrected chi connectivity index (χ4v) is 1.85. The van der Waals surface area contributed by atoms with Crippen molar-refractivity contribution in [1.82, 2.24) is 0 Å². The summed E-state index contributed by atoms with van der Waals surface area (Å²) in [6, 6.07) is 3.68. The van der Waals surface area contributed by atoms with E-state index in [9.17, 15) is 4.79 Å². The molecule has 0 aliphatic rings. The standard InChI is InChI=1S/C14H20O3/c1-9-6-10(2)12(13(15)16)7-11(9)8-14(3,4)17-5/h6-7H,8H2,1-5H3,(H,15,16). The Balaban J connectivity index is 3.17. The summed E-state index contributed by atoms with van der Waals surface area (Å²) in [5.41, 5.74) is 3.03. The summed E-state index contributed by atoms with van der Waals surface area (Å²) in [5, 5.41) is 9.11. The van der Waals surface area contributed by atoms with Crippen molar-refractivity contribution in [3.63, 3.8) is 0 Å². The Morgan fingerprint density at radius 2 is 1.88 bits per heavy atom. The highest BCUT2D eigenvalue weighted by atomic mass is 16.5. The van der Waals surface area contributed by atoms with E-state index >= 15 is 0 Å². The molecule has 0 bridgehead atoms. The minimum atomic E-state index is -0.876. The van der Waals surface area contributed by atoms with Crippen LogP contribution in [0.25, 0.3) is 0 Å². The minimum absolute atomic E-state index is 0.282. The van der Waals surface area contributed by atoms with E-state index in [1.165, 1.54) is 0 Å². The molecule has 0 heterocycles. The highest BCUT2D eigenvalue weighted by molar-refractivity contribution is 5.89. The molecule has 0 saturated carbocycles. The molecule has 1 rings (SSSR count). The van der Waals surface area contributed by atoms with E-state index in [4.69, 9.17) is 9.84 Å². The van der Waals surface area contributed by atoms with Gasteiger partial charge in [0.15, 0.2) is 0 Å². The molecule has 0 aliphatic heterocycles. The number of methoxy groups -OCH3 is 1. The fourth-order valence-electron chi connectivity index (χ4n) is 1.85. The lowest BCUT2D eigenvalue weighted by Gasteiger charge is -2.24. The summed E-state index contributed by atoms with van der Waals surface area (Å²) >= 11 is 0. The summed E-state index contributed by atoms with van der Waals surface area (Å²) in [4.78, 5) is 11.1. The number of benzene rings is 1. The summed E-state index contributed by atoms with van der Waals surface area (Å²) in [6.45, 7) is 7.81. The Morgan fingerprint density at radius 1 is 1.29 bits per heavy atom. The molecule has 1 aromatic rings. The lowest BCUT2D eigenvalue weighted by atomic mass is 9.92. The van der Waals surface area contributed by atoms with E-state index in [0.29, 0.717) is 12.0 Å². The number of carboxylic acids is 1. The molecule has 0 atom stereocenters. The van der Waals surface area contributed by atoms with Gasteiger partial charge in [0.1, 0.15) is 0 Å². The molecule has 17 heavy (non-hydrogen) atoms. The number of aryl methyl sites for hydroxylation is 2. The van der Waals surface area contributed by atoms with Crippen LogP contribution in [0.2, 0.25) is 0 Å². The predicted octanol–water partition coefficient (Wildman–Crippen LogP) is 2.97. The van der Waals surface area contributed by atoms with Crippen molar-refractivity contribution in [2.75, 3.05) is 7.11 Å². The van der Waals surface area contributed by atoms with Gasteiger partial charge in [-0.05, 0) is 50.5 Å². The summed E-state index contributed by atoms with van der Waals surface area (Å²) in [7, 11) is 1.67. The van der Waals surface area contributed by atoms with Gasteiger partial charge in [-0.25, -0.2) is 4.79 Å². The normalized spacial score (nSPS) is 11.6. The monoisotopic (exact) mass is 236 g/mol. The zero-order valence-electron chi connectivity index (χ0n) is 11.1. The van der Waals surface area contributed by atoms with Gasteiger partial charge in [0.2, 0.25) is 0 Å². The van der Waals surface area contributed by atoms with Crippen LogP contribution < -0.4 is 0 Å². The number of hydrogen-bond donors (Lipinski definition) is 1. The molecular formula is C14H20O3. The van der Waals surface area contributed by atoms with E-state index < -0.39 is 5.97 Å². The Labute approximate surface area is 102 Å². The van der Waals surface area contributed by atoms with Crippen LogP contribution in [-0.4, -0.2) is 23.8 Å². The van der Waals surface area contributed by atoms with Gasteiger partial charge >= 0.3 is 5.97 Å². The Hall–Kier alpha value is -1.35. The first kappa shape index (κ1) is 13.7. The van der Waals surface area contributed by atoms with Crippen LogP contribution in [0, 0.1) is 13.8 Å². The summed E-state index contributed by atoms with van der Waals surface area (Å²) in [5.74, 6) is -0.876. The highest BCUT2D eigenvalue weighted by Crippen LogP contribution is 2.22.